The number of fused-ring (bicyclic) bond motifs is 1. The lowest BCUT2D eigenvalue weighted by Crippen LogP contribution is -1.85. The molecule has 0 atom stereocenters. The Labute approximate surface area is 159 Å². The molecule has 0 saturated carbocycles. The molecule has 3 rings (SSSR count). The number of rotatable bonds is 5. The van der Waals surface area contributed by atoms with Gasteiger partial charge in [-0.25, -0.2) is 4.98 Å². The molecule has 0 aliphatic heterocycles. The molecule has 26 heavy (non-hydrogen) atoms. The van der Waals surface area contributed by atoms with Crippen molar-refractivity contribution in [3.05, 3.63) is 71.8 Å². The number of benzene rings is 2. The number of methoxy groups -OCH3 is 1. The van der Waals surface area contributed by atoms with E-state index in [2.05, 4.69) is 4.98 Å². The molecule has 4 nitrogen and oxygen atoms in total. The van der Waals surface area contributed by atoms with Crippen LogP contribution < -0.4 is 4.74 Å². The Kier molecular flexibility index (Phi) is 5.70. The Hall–Kier alpha value is -3.06. The number of nitriles is 2. The molecule has 1 aromatic heterocycles. The van der Waals surface area contributed by atoms with E-state index in [0.29, 0.717) is 0 Å². The normalized spacial score (nSPS) is 10.8. The van der Waals surface area contributed by atoms with Crippen LogP contribution in [0.15, 0.2) is 70.6 Å². The summed E-state index contributed by atoms with van der Waals surface area (Å²) in [4.78, 5) is 5.54. The molecule has 0 bridgehead atoms. The number of hydrogen-bond acceptors (Lipinski definition) is 6. The molecular weight excluding hydrogens is 362 g/mol. The zero-order valence-corrected chi connectivity index (χ0v) is 15.5. The molecule has 3 aromatic rings. The topological polar surface area (TPSA) is 69.7 Å². The first-order valence-electron chi connectivity index (χ1n) is 7.63. The molecule has 0 unspecified atom stereocenters. The maximum absolute atomic E-state index is 8.96. The molecule has 0 radical (unpaired) electrons. The number of para-hydroxylation sites is 1. The first-order valence-corrected chi connectivity index (χ1v) is 9.27. The van der Waals surface area contributed by atoms with Crippen molar-refractivity contribution >= 4 is 38.2 Å². The summed E-state index contributed by atoms with van der Waals surface area (Å²) in [6.07, 6.45) is 3.31. The second-order valence-electron chi connectivity index (χ2n) is 5.11. The highest BCUT2D eigenvalue weighted by molar-refractivity contribution is 8.09. The van der Waals surface area contributed by atoms with Crippen LogP contribution in [0, 0.1) is 22.7 Å². The quantitative estimate of drug-likeness (QED) is 0.339. The van der Waals surface area contributed by atoms with Crippen LogP contribution in [0.25, 0.3) is 15.1 Å². The van der Waals surface area contributed by atoms with Crippen molar-refractivity contribution in [1.29, 1.82) is 10.5 Å². The predicted molar refractivity (Wildman–Crippen MR) is 106 cm³/mol. The Balaban J connectivity index is 1.99. The van der Waals surface area contributed by atoms with Crippen molar-refractivity contribution in [3.63, 3.8) is 0 Å². The van der Waals surface area contributed by atoms with Crippen LogP contribution in [0.4, 0.5) is 0 Å². The summed E-state index contributed by atoms with van der Waals surface area (Å²) in [5.74, 6) is 0.767. The van der Waals surface area contributed by atoms with E-state index in [-0.39, 0.29) is 5.57 Å². The van der Waals surface area contributed by atoms with Crippen LogP contribution in [0.3, 0.4) is 0 Å². The lowest BCUT2D eigenvalue weighted by molar-refractivity contribution is 0.415. The second-order valence-corrected chi connectivity index (χ2v) is 7.43. The minimum absolute atomic E-state index is 0.0564. The van der Waals surface area contributed by atoms with E-state index in [1.807, 2.05) is 60.7 Å². The summed E-state index contributed by atoms with van der Waals surface area (Å²) in [5.41, 5.74) is 1.97. The molecule has 2 aromatic carbocycles. The van der Waals surface area contributed by atoms with Crippen molar-refractivity contribution in [2.24, 2.45) is 0 Å². The standard InChI is InChI=1S/C20H13N3OS2/c1-24-16-9-7-15(8-10-16)18(11-6-14(12-21)13-22)25-20-23-17-4-2-3-5-19(17)26-20/h2-11H,1H3/b18-11-. The first-order chi connectivity index (χ1) is 12.7. The first kappa shape index (κ1) is 17.8. The highest BCUT2D eigenvalue weighted by Gasteiger charge is 2.09. The average molecular weight is 375 g/mol. The third kappa shape index (κ3) is 4.12. The van der Waals surface area contributed by atoms with Crippen molar-refractivity contribution < 1.29 is 4.74 Å². The summed E-state index contributed by atoms with van der Waals surface area (Å²) in [5, 5.41) is 17.9. The van der Waals surface area contributed by atoms with Gasteiger partial charge in [0.2, 0.25) is 0 Å². The average Bonchev–Trinajstić information content (AvgIpc) is 3.10. The van der Waals surface area contributed by atoms with Gasteiger partial charge in [0.1, 0.15) is 23.5 Å². The number of nitrogens with zero attached hydrogens (tertiary/aromatic N) is 3. The van der Waals surface area contributed by atoms with Gasteiger partial charge in [-0.1, -0.05) is 36.0 Å². The fourth-order valence-electron chi connectivity index (χ4n) is 2.19. The molecule has 1 heterocycles. The maximum Gasteiger partial charge on any atom is 0.155 e. The summed E-state index contributed by atoms with van der Waals surface area (Å²) < 4.78 is 7.23. The zero-order valence-electron chi connectivity index (χ0n) is 13.8. The molecular formula is C20H13N3OS2. The Morgan fingerprint density at radius 3 is 2.46 bits per heavy atom. The van der Waals surface area contributed by atoms with E-state index >= 15 is 0 Å². The summed E-state index contributed by atoms with van der Waals surface area (Å²) in [6.45, 7) is 0. The lowest BCUT2D eigenvalue weighted by atomic mass is 10.2. The van der Waals surface area contributed by atoms with E-state index in [0.717, 1.165) is 30.8 Å². The van der Waals surface area contributed by atoms with Crippen molar-refractivity contribution in [2.45, 2.75) is 4.34 Å². The van der Waals surface area contributed by atoms with Crippen LogP contribution >= 0.6 is 23.1 Å². The summed E-state index contributed by atoms with van der Waals surface area (Å²) in [6, 6.07) is 19.4. The maximum atomic E-state index is 8.96. The second kappa shape index (κ2) is 8.35. The van der Waals surface area contributed by atoms with E-state index in [1.54, 1.807) is 24.5 Å². The van der Waals surface area contributed by atoms with Gasteiger partial charge in [-0.3, -0.25) is 0 Å². The van der Waals surface area contributed by atoms with Gasteiger partial charge in [0, 0.05) is 4.91 Å². The molecule has 0 spiro atoms. The van der Waals surface area contributed by atoms with Crippen LogP contribution in [-0.4, -0.2) is 12.1 Å². The number of aromatic nitrogens is 1. The predicted octanol–water partition coefficient (Wildman–Crippen LogP) is 5.41. The highest BCUT2D eigenvalue weighted by atomic mass is 32.2. The molecule has 0 saturated heterocycles. The number of allylic oxidation sites excluding steroid dienone is 3. The van der Waals surface area contributed by atoms with Crippen molar-refractivity contribution in [1.82, 2.24) is 4.98 Å². The molecule has 0 N–H and O–H groups in total. The summed E-state index contributed by atoms with van der Waals surface area (Å²) in [7, 11) is 1.62. The minimum Gasteiger partial charge on any atom is -0.497 e. The lowest BCUT2D eigenvalue weighted by Gasteiger charge is -2.06. The van der Waals surface area contributed by atoms with Gasteiger partial charge in [-0.2, -0.15) is 10.5 Å². The van der Waals surface area contributed by atoms with Gasteiger partial charge in [0.15, 0.2) is 4.34 Å². The van der Waals surface area contributed by atoms with Gasteiger partial charge >= 0.3 is 0 Å². The molecule has 0 aliphatic carbocycles. The van der Waals surface area contributed by atoms with E-state index in [1.165, 1.54) is 17.8 Å². The fraction of sp³-hybridized carbons (Fsp3) is 0.0500. The smallest absolute Gasteiger partial charge is 0.155 e. The van der Waals surface area contributed by atoms with Gasteiger partial charge in [-0.05, 0) is 42.0 Å². The summed E-state index contributed by atoms with van der Waals surface area (Å²) >= 11 is 3.12. The monoisotopic (exact) mass is 375 g/mol. The Morgan fingerprint density at radius 1 is 1.08 bits per heavy atom. The zero-order chi connectivity index (χ0) is 18.4. The highest BCUT2D eigenvalue weighted by Crippen LogP contribution is 2.39. The van der Waals surface area contributed by atoms with Crippen LogP contribution in [0.1, 0.15) is 5.56 Å². The van der Waals surface area contributed by atoms with Gasteiger partial charge < -0.3 is 4.74 Å². The van der Waals surface area contributed by atoms with Gasteiger partial charge in [0.05, 0.1) is 17.3 Å². The third-order valence-electron chi connectivity index (χ3n) is 3.49. The van der Waals surface area contributed by atoms with Crippen LogP contribution in [0.2, 0.25) is 0 Å². The molecule has 0 amide bonds. The molecule has 0 fully saturated rings. The molecule has 6 heteroatoms. The van der Waals surface area contributed by atoms with Crippen LogP contribution in [-0.2, 0) is 0 Å². The van der Waals surface area contributed by atoms with Crippen molar-refractivity contribution in [2.75, 3.05) is 7.11 Å². The van der Waals surface area contributed by atoms with E-state index in [9.17, 15) is 0 Å². The number of thioether (sulfide) groups is 1. The Bertz CT molecular complexity index is 1020. The van der Waals surface area contributed by atoms with Gasteiger partial charge in [-0.15, -0.1) is 11.3 Å². The molecule has 126 valence electrons. The SMILES string of the molecule is COc1ccc(/C(=C/C=C(C#N)C#N)Sc2nc3ccccc3s2)cc1. The Morgan fingerprint density at radius 2 is 1.81 bits per heavy atom. The van der Waals surface area contributed by atoms with Gasteiger partial charge in [0.25, 0.3) is 0 Å². The number of ether oxygens (including phenoxy) is 1. The van der Waals surface area contributed by atoms with E-state index < -0.39 is 0 Å². The van der Waals surface area contributed by atoms with Crippen molar-refractivity contribution in [3.8, 4) is 17.9 Å². The number of hydrogen-bond donors (Lipinski definition) is 0. The molecule has 0 aliphatic rings. The van der Waals surface area contributed by atoms with Crippen LogP contribution in [0.5, 0.6) is 5.75 Å². The minimum atomic E-state index is 0.0564. The fourth-order valence-corrected chi connectivity index (χ4v) is 4.32. The van der Waals surface area contributed by atoms with E-state index in [4.69, 9.17) is 15.3 Å². The number of thiazole rings is 1. The largest absolute Gasteiger partial charge is 0.497 e. The third-order valence-corrected chi connectivity index (χ3v) is 5.68.